The van der Waals surface area contributed by atoms with Crippen molar-refractivity contribution in [2.75, 3.05) is 27.2 Å². The van der Waals surface area contributed by atoms with Crippen LogP contribution in [0.4, 0.5) is 0 Å². The molecule has 1 aromatic rings. The Morgan fingerprint density at radius 2 is 2.10 bits per heavy atom. The van der Waals surface area contributed by atoms with Crippen molar-refractivity contribution in [3.05, 3.63) is 35.9 Å². The number of rotatable bonds is 8. The Morgan fingerprint density at radius 3 is 2.62 bits per heavy atom. The average Bonchev–Trinajstić information content (AvgIpc) is 2.40. The Bertz CT molecular complexity index is 597. The largest absolute Gasteiger partial charge is 0.494 e. The van der Waals surface area contributed by atoms with Gasteiger partial charge < -0.3 is 10.1 Å². The Labute approximate surface area is 127 Å². The van der Waals surface area contributed by atoms with E-state index >= 15 is 0 Å². The minimum absolute atomic E-state index is 0.264. The molecule has 0 aliphatic heterocycles. The number of hydrogen-bond donors (Lipinski definition) is 1. The summed E-state index contributed by atoms with van der Waals surface area (Å²) in [5.41, 5.74) is 1.62. The lowest BCUT2D eigenvalue weighted by Crippen LogP contribution is -2.28. The summed E-state index contributed by atoms with van der Waals surface area (Å²) in [7, 11) is -0.154. The molecule has 1 rings (SSSR count). The summed E-state index contributed by atoms with van der Waals surface area (Å²) in [5, 5.41) is 3.02. The first kappa shape index (κ1) is 17.7. The lowest BCUT2D eigenvalue weighted by atomic mass is 10.2. The Balaban J connectivity index is 3.18. The van der Waals surface area contributed by atoms with Gasteiger partial charge in [0.1, 0.15) is 5.75 Å². The fraction of sp³-hybridized carbons (Fsp3) is 0.467. The molecule has 5 nitrogen and oxygen atoms in total. The van der Waals surface area contributed by atoms with Gasteiger partial charge in [0, 0.05) is 25.7 Å². The molecule has 1 N–H and O–H groups in total. The second kappa shape index (κ2) is 7.59. The van der Waals surface area contributed by atoms with Crippen molar-refractivity contribution in [1.29, 1.82) is 0 Å². The lowest BCUT2D eigenvalue weighted by Gasteiger charge is -2.18. The highest BCUT2D eigenvalue weighted by atomic mass is 32.2. The van der Waals surface area contributed by atoms with Crippen LogP contribution in [0.5, 0.6) is 5.75 Å². The van der Waals surface area contributed by atoms with Crippen LogP contribution in [-0.4, -0.2) is 40.0 Å². The standard InChI is InChI=1S/C15H24N2O3S/c1-6-20-15-8-7-14(9-13(15)10-16-4)21(18,19)17(5)11-12(2)3/h7-9,16H,2,6,10-11H2,1,3-5H3. The van der Waals surface area contributed by atoms with Gasteiger partial charge in [0.2, 0.25) is 10.0 Å². The van der Waals surface area contributed by atoms with Crippen LogP contribution in [0.2, 0.25) is 0 Å². The van der Waals surface area contributed by atoms with E-state index in [4.69, 9.17) is 4.74 Å². The molecule has 0 spiro atoms. The van der Waals surface area contributed by atoms with Gasteiger partial charge in [-0.15, -0.1) is 0 Å². The Kier molecular flexibility index (Phi) is 6.39. The van der Waals surface area contributed by atoms with E-state index in [9.17, 15) is 8.42 Å². The van der Waals surface area contributed by atoms with Crippen LogP contribution in [0.15, 0.2) is 35.2 Å². The maximum Gasteiger partial charge on any atom is 0.243 e. The first-order valence-electron chi connectivity index (χ1n) is 6.84. The van der Waals surface area contributed by atoms with E-state index in [2.05, 4.69) is 11.9 Å². The third kappa shape index (κ3) is 4.56. The van der Waals surface area contributed by atoms with Gasteiger partial charge in [0.25, 0.3) is 0 Å². The highest BCUT2D eigenvalue weighted by Crippen LogP contribution is 2.24. The van der Waals surface area contributed by atoms with Crippen molar-refractivity contribution in [2.45, 2.75) is 25.3 Å². The second-order valence-corrected chi connectivity index (χ2v) is 7.00. The summed E-state index contributed by atoms with van der Waals surface area (Å²) in [6.45, 7) is 8.84. The molecular weight excluding hydrogens is 288 g/mol. The molecule has 0 aromatic heterocycles. The monoisotopic (exact) mass is 312 g/mol. The number of likely N-dealkylation sites (N-methyl/N-ethyl adjacent to an activating group) is 1. The van der Waals surface area contributed by atoms with Gasteiger partial charge in [0.05, 0.1) is 11.5 Å². The number of nitrogens with one attached hydrogen (secondary N) is 1. The summed E-state index contributed by atoms with van der Waals surface area (Å²) >= 11 is 0. The van der Waals surface area contributed by atoms with E-state index in [0.29, 0.717) is 25.4 Å². The van der Waals surface area contributed by atoms with Crippen molar-refractivity contribution < 1.29 is 13.2 Å². The molecule has 0 aliphatic rings. The molecule has 21 heavy (non-hydrogen) atoms. The zero-order valence-electron chi connectivity index (χ0n) is 13.1. The normalized spacial score (nSPS) is 11.7. The Morgan fingerprint density at radius 1 is 1.43 bits per heavy atom. The predicted molar refractivity (Wildman–Crippen MR) is 85.0 cm³/mol. The molecule has 118 valence electrons. The summed E-state index contributed by atoms with van der Waals surface area (Å²) in [6, 6.07) is 4.94. The third-order valence-electron chi connectivity index (χ3n) is 2.90. The first-order valence-corrected chi connectivity index (χ1v) is 8.28. The molecule has 0 radical (unpaired) electrons. The van der Waals surface area contributed by atoms with Gasteiger partial charge in [-0.2, -0.15) is 4.31 Å². The van der Waals surface area contributed by atoms with Crippen molar-refractivity contribution >= 4 is 10.0 Å². The van der Waals surface area contributed by atoms with Gasteiger partial charge in [-0.3, -0.25) is 0 Å². The van der Waals surface area contributed by atoms with E-state index in [1.165, 1.54) is 4.31 Å². The smallest absolute Gasteiger partial charge is 0.243 e. The van der Waals surface area contributed by atoms with E-state index in [0.717, 1.165) is 11.1 Å². The van der Waals surface area contributed by atoms with E-state index in [-0.39, 0.29) is 4.90 Å². The molecule has 0 amide bonds. The summed E-state index contributed by atoms with van der Waals surface area (Å²) in [4.78, 5) is 0.264. The summed E-state index contributed by atoms with van der Waals surface area (Å²) in [6.07, 6.45) is 0. The van der Waals surface area contributed by atoms with Gasteiger partial charge in [-0.05, 0) is 39.1 Å². The number of hydrogen-bond acceptors (Lipinski definition) is 4. The highest BCUT2D eigenvalue weighted by molar-refractivity contribution is 7.89. The van der Waals surface area contributed by atoms with Crippen LogP contribution in [-0.2, 0) is 16.6 Å². The molecule has 0 saturated heterocycles. The quantitative estimate of drug-likeness (QED) is 0.746. The van der Waals surface area contributed by atoms with Gasteiger partial charge in [0.15, 0.2) is 0 Å². The van der Waals surface area contributed by atoms with Crippen LogP contribution in [0.1, 0.15) is 19.4 Å². The molecule has 0 atom stereocenters. The van der Waals surface area contributed by atoms with Crippen LogP contribution in [0.25, 0.3) is 0 Å². The minimum atomic E-state index is -3.52. The molecule has 0 bridgehead atoms. The number of benzene rings is 1. The number of sulfonamides is 1. The Hall–Kier alpha value is -1.37. The zero-order chi connectivity index (χ0) is 16.0. The third-order valence-corrected chi connectivity index (χ3v) is 4.70. The van der Waals surface area contributed by atoms with Crippen LogP contribution in [0.3, 0.4) is 0 Å². The number of nitrogens with zero attached hydrogens (tertiary/aromatic N) is 1. The van der Waals surface area contributed by atoms with E-state index < -0.39 is 10.0 Å². The second-order valence-electron chi connectivity index (χ2n) is 4.95. The first-order chi connectivity index (χ1) is 9.82. The van der Waals surface area contributed by atoms with E-state index in [1.54, 1.807) is 32.2 Å². The molecule has 0 fully saturated rings. The average molecular weight is 312 g/mol. The molecule has 0 aliphatic carbocycles. The topological polar surface area (TPSA) is 58.6 Å². The molecular formula is C15H24N2O3S. The molecule has 6 heteroatoms. The molecule has 0 heterocycles. The van der Waals surface area contributed by atoms with Crippen LogP contribution in [0, 0.1) is 0 Å². The maximum absolute atomic E-state index is 12.5. The highest BCUT2D eigenvalue weighted by Gasteiger charge is 2.21. The summed E-state index contributed by atoms with van der Waals surface area (Å²) < 4.78 is 31.9. The van der Waals surface area contributed by atoms with Gasteiger partial charge in [-0.1, -0.05) is 12.2 Å². The molecule has 0 saturated carbocycles. The fourth-order valence-corrected chi connectivity index (χ4v) is 3.27. The van der Waals surface area contributed by atoms with Crippen LogP contribution >= 0.6 is 0 Å². The maximum atomic E-state index is 12.5. The van der Waals surface area contributed by atoms with Crippen molar-refractivity contribution in [2.24, 2.45) is 0 Å². The number of ether oxygens (including phenoxy) is 1. The van der Waals surface area contributed by atoms with Crippen molar-refractivity contribution in [3.8, 4) is 5.75 Å². The van der Waals surface area contributed by atoms with Crippen molar-refractivity contribution in [1.82, 2.24) is 9.62 Å². The van der Waals surface area contributed by atoms with E-state index in [1.807, 2.05) is 14.0 Å². The lowest BCUT2D eigenvalue weighted by molar-refractivity contribution is 0.335. The summed E-state index contributed by atoms with van der Waals surface area (Å²) in [5.74, 6) is 0.702. The fourth-order valence-electron chi connectivity index (χ4n) is 1.99. The van der Waals surface area contributed by atoms with Crippen LogP contribution < -0.4 is 10.1 Å². The van der Waals surface area contributed by atoms with Crippen molar-refractivity contribution in [3.63, 3.8) is 0 Å². The van der Waals surface area contributed by atoms with Gasteiger partial charge in [-0.25, -0.2) is 8.42 Å². The van der Waals surface area contributed by atoms with Gasteiger partial charge >= 0.3 is 0 Å². The minimum Gasteiger partial charge on any atom is -0.494 e. The molecule has 0 unspecified atom stereocenters. The molecule has 1 aromatic carbocycles. The zero-order valence-corrected chi connectivity index (χ0v) is 14.0. The SMILES string of the molecule is C=C(C)CN(C)S(=O)(=O)c1ccc(OCC)c(CNC)c1. The predicted octanol–water partition coefficient (Wildman–Crippen LogP) is 2.00.